The van der Waals surface area contributed by atoms with Crippen LogP contribution in [0.5, 0.6) is 0 Å². The highest BCUT2D eigenvalue weighted by Crippen LogP contribution is 2.26. The summed E-state index contributed by atoms with van der Waals surface area (Å²) in [6.45, 7) is 0. The molecule has 1 aromatic heterocycles. The third-order valence-electron chi connectivity index (χ3n) is 2.20. The van der Waals surface area contributed by atoms with Crippen LogP contribution in [0.1, 0.15) is 10.4 Å². The van der Waals surface area contributed by atoms with Crippen LogP contribution < -0.4 is 5.32 Å². The lowest BCUT2D eigenvalue weighted by atomic mass is 10.2. The lowest BCUT2D eigenvalue weighted by molar-refractivity contribution is 0.102. The summed E-state index contributed by atoms with van der Waals surface area (Å²) < 4.78 is 0.752. The minimum absolute atomic E-state index is 0.159. The molecule has 0 aliphatic heterocycles. The van der Waals surface area contributed by atoms with Crippen LogP contribution in [0, 0.1) is 0 Å². The average molecular weight is 380 g/mol. The Morgan fingerprint density at radius 2 is 1.74 bits per heavy atom. The molecule has 0 spiro atoms. The van der Waals surface area contributed by atoms with Gasteiger partial charge in [0.15, 0.2) is 0 Å². The first-order chi connectivity index (χ1) is 8.95. The maximum absolute atomic E-state index is 12.0. The van der Waals surface area contributed by atoms with E-state index in [9.17, 15) is 4.79 Å². The quantitative estimate of drug-likeness (QED) is 0.740. The van der Waals surface area contributed by atoms with Gasteiger partial charge in [0.2, 0.25) is 0 Å². The number of carbonyl (C=O) groups excluding carboxylic acids is 1. The highest BCUT2D eigenvalue weighted by Gasteiger charge is 2.10. The molecule has 0 aliphatic rings. The Balaban J connectivity index is 2.22. The number of halogens is 4. The molecule has 0 aliphatic carbocycles. The number of carbonyl (C=O) groups is 1. The van der Waals surface area contributed by atoms with E-state index < -0.39 is 0 Å². The van der Waals surface area contributed by atoms with Crippen LogP contribution in [-0.4, -0.2) is 10.9 Å². The molecule has 98 valence electrons. The number of amides is 1. The van der Waals surface area contributed by atoms with Crippen molar-refractivity contribution in [1.82, 2.24) is 4.98 Å². The molecule has 2 aromatic rings. The normalized spacial score (nSPS) is 10.3. The minimum Gasteiger partial charge on any atom is -0.322 e. The molecule has 1 aromatic carbocycles. The second-order valence-electron chi connectivity index (χ2n) is 3.58. The van der Waals surface area contributed by atoms with Crippen LogP contribution in [0.15, 0.2) is 34.8 Å². The maximum Gasteiger partial charge on any atom is 0.255 e. The molecule has 0 radical (unpaired) electrons. The average Bonchev–Trinajstić information content (AvgIpc) is 2.32. The molecule has 1 N–H and O–H groups in total. The van der Waals surface area contributed by atoms with Crippen LogP contribution in [0.2, 0.25) is 15.3 Å². The zero-order valence-corrected chi connectivity index (χ0v) is 13.1. The van der Waals surface area contributed by atoms with Crippen molar-refractivity contribution in [3.05, 3.63) is 55.7 Å². The smallest absolute Gasteiger partial charge is 0.255 e. The predicted molar refractivity (Wildman–Crippen MR) is 81.4 cm³/mol. The fourth-order valence-corrected chi connectivity index (χ4v) is 2.26. The largest absolute Gasteiger partial charge is 0.322 e. The van der Waals surface area contributed by atoms with Gasteiger partial charge < -0.3 is 5.32 Å². The monoisotopic (exact) mass is 378 g/mol. The van der Waals surface area contributed by atoms with E-state index >= 15 is 0 Å². The summed E-state index contributed by atoms with van der Waals surface area (Å²) in [7, 11) is 0. The molecule has 19 heavy (non-hydrogen) atoms. The Labute approximate surface area is 133 Å². The number of benzene rings is 1. The van der Waals surface area contributed by atoms with E-state index in [2.05, 4.69) is 26.2 Å². The molecule has 3 nitrogen and oxygen atoms in total. The van der Waals surface area contributed by atoms with Crippen molar-refractivity contribution in [3.63, 3.8) is 0 Å². The highest BCUT2D eigenvalue weighted by molar-refractivity contribution is 9.10. The molecule has 0 fully saturated rings. The van der Waals surface area contributed by atoms with E-state index in [0.717, 1.165) is 4.47 Å². The van der Waals surface area contributed by atoms with Crippen molar-refractivity contribution < 1.29 is 4.79 Å². The number of aromatic nitrogens is 1. The van der Waals surface area contributed by atoms with Crippen molar-refractivity contribution in [2.24, 2.45) is 0 Å². The Morgan fingerprint density at radius 1 is 1.11 bits per heavy atom. The lowest BCUT2D eigenvalue weighted by Crippen LogP contribution is -2.12. The fourth-order valence-electron chi connectivity index (χ4n) is 1.37. The Hall–Kier alpha value is -0.810. The summed E-state index contributed by atoms with van der Waals surface area (Å²) in [6.07, 6.45) is 0. The summed E-state index contributed by atoms with van der Waals surface area (Å²) in [5.74, 6) is -0.343. The van der Waals surface area contributed by atoms with Crippen molar-refractivity contribution >= 4 is 62.3 Å². The topological polar surface area (TPSA) is 42.0 Å². The van der Waals surface area contributed by atoms with Gasteiger partial charge in [-0.2, -0.15) is 0 Å². The molecule has 0 saturated heterocycles. The van der Waals surface area contributed by atoms with E-state index in [1.54, 1.807) is 18.2 Å². The van der Waals surface area contributed by atoms with E-state index in [0.29, 0.717) is 16.3 Å². The summed E-state index contributed by atoms with van der Waals surface area (Å²) in [5.41, 5.74) is 0.895. The van der Waals surface area contributed by atoms with E-state index in [-0.39, 0.29) is 16.2 Å². The first-order valence-corrected chi connectivity index (χ1v) is 6.98. The van der Waals surface area contributed by atoms with Gasteiger partial charge in [-0.05, 0) is 46.3 Å². The van der Waals surface area contributed by atoms with Gasteiger partial charge >= 0.3 is 0 Å². The summed E-state index contributed by atoms with van der Waals surface area (Å²) in [4.78, 5) is 15.8. The molecule has 0 unspecified atom stereocenters. The number of nitrogens with zero attached hydrogens (tertiary/aromatic N) is 1. The van der Waals surface area contributed by atoms with E-state index in [1.165, 1.54) is 12.1 Å². The van der Waals surface area contributed by atoms with Gasteiger partial charge in [0.1, 0.15) is 10.3 Å². The SMILES string of the molecule is O=C(Nc1ccc(Br)c(Cl)c1)c1cc(Cl)nc(Cl)c1. The van der Waals surface area contributed by atoms with Crippen molar-refractivity contribution in [1.29, 1.82) is 0 Å². The molecule has 1 heterocycles. The summed E-state index contributed by atoms with van der Waals surface area (Å²) in [6, 6.07) is 7.96. The van der Waals surface area contributed by atoms with Gasteiger partial charge in [-0.15, -0.1) is 0 Å². The van der Waals surface area contributed by atoms with Crippen LogP contribution >= 0.6 is 50.7 Å². The second kappa shape index (κ2) is 6.09. The fraction of sp³-hybridized carbons (Fsp3) is 0. The van der Waals surface area contributed by atoms with Crippen molar-refractivity contribution in [2.45, 2.75) is 0 Å². The predicted octanol–water partition coefficient (Wildman–Crippen LogP) is 5.06. The number of rotatable bonds is 2. The lowest BCUT2D eigenvalue weighted by Gasteiger charge is -2.07. The Kier molecular flexibility index (Phi) is 4.68. The van der Waals surface area contributed by atoms with Crippen LogP contribution in [0.3, 0.4) is 0 Å². The first kappa shape index (κ1) is 14.6. The molecule has 0 atom stereocenters. The van der Waals surface area contributed by atoms with Gasteiger partial charge in [-0.1, -0.05) is 34.8 Å². The molecule has 0 saturated carbocycles. The molecular weight excluding hydrogens is 374 g/mol. The molecule has 2 rings (SSSR count). The third kappa shape index (κ3) is 3.83. The van der Waals surface area contributed by atoms with E-state index in [4.69, 9.17) is 34.8 Å². The van der Waals surface area contributed by atoms with Gasteiger partial charge in [0.05, 0.1) is 5.02 Å². The van der Waals surface area contributed by atoms with Gasteiger partial charge in [-0.3, -0.25) is 4.79 Å². The molecular formula is C12H6BrCl3N2O. The Morgan fingerprint density at radius 3 is 2.32 bits per heavy atom. The van der Waals surface area contributed by atoms with Crippen LogP contribution in [0.4, 0.5) is 5.69 Å². The molecule has 0 bridgehead atoms. The van der Waals surface area contributed by atoms with Crippen molar-refractivity contribution in [2.75, 3.05) is 5.32 Å². The van der Waals surface area contributed by atoms with Gasteiger partial charge in [0, 0.05) is 15.7 Å². The van der Waals surface area contributed by atoms with Gasteiger partial charge in [-0.25, -0.2) is 4.98 Å². The number of pyridine rings is 1. The van der Waals surface area contributed by atoms with Crippen LogP contribution in [-0.2, 0) is 0 Å². The molecule has 1 amide bonds. The standard InChI is InChI=1S/C12H6BrCl3N2O/c13-8-2-1-7(5-9(8)14)17-12(19)6-3-10(15)18-11(16)4-6/h1-5H,(H,17,19). The highest BCUT2D eigenvalue weighted by atomic mass is 79.9. The molecule has 7 heteroatoms. The van der Waals surface area contributed by atoms with Gasteiger partial charge in [0.25, 0.3) is 5.91 Å². The third-order valence-corrected chi connectivity index (χ3v) is 3.82. The summed E-state index contributed by atoms with van der Waals surface area (Å²) >= 11 is 20.7. The number of hydrogen-bond donors (Lipinski definition) is 1. The number of nitrogens with one attached hydrogen (secondary N) is 1. The number of hydrogen-bond acceptors (Lipinski definition) is 2. The van der Waals surface area contributed by atoms with Crippen LogP contribution in [0.25, 0.3) is 0 Å². The second-order valence-corrected chi connectivity index (χ2v) is 5.62. The van der Waals surface area contributed by atoms with Crippen molar-refractivity contribution in [3.8, 4) is 0 Å². The number of anilines is 1. The minimum atomic E-state index is -0.343. The maximum atomic E-state index is 12.0. The van der Waals surface area contributed by atoms with E-state index in [1.807, 2.05) is 0 Å². The zero-order valence-electron chi connectivity index (χ0n) is 9.25. The Bertz CT molecular complexity index is 629. The first-order valence-electron chi connectivity index (χ1n) is 5.05. The summed E-state index contributed by atoms with van der Waals surface area (Å²) in [5, 5.41) is 3.51. The zero-order chi connectivity index (χ0) is 14.0.